The Morgan fingerprint density at radius 3 is 2.86 bits per heavy atom. The number of rotatable bonds is 7. The second-order valence-corrected chi connectivity index (χ2v) is 7.40. The fraction of sp³-hybridized carbons (Fsp3) is 0.562. The van der Waals surface area contributed by atoms with E-state index in [1.807, 2.05) is 18.2 Å². The second kappa shape index (κ2) is 6.71. The van der Waals surface area contributed by atoms with Crippen LogP contribution in [0.2, 0.25) is 0 Å². The third-order valence-corrected chi connectivity index (χ3v) is 4.72. The van der Waals surface area contributed by atoms with Crippen molar-refractivity contribution in [2.24, 2.45) is 0 Å². The molecular formula is C16H25N3OS. The molecule has 0 aliphatic heterocycles. The lowest BCUT2D eigenvalue weighted by atomic mass is 10.0. The van der Waals surface area contributed by atoms with E-state index in [2.05, 4.69) is 43.0 Å². The van der Waals surface area contributed by atoms with Crippen LogP contribution in [0, 0.1) is 0 Å². The van der Waals surface area contributed by atoms with Crippen molar-refractivity contribution in [1.82, 2.24) is 15.3 Å². The van der Waals surface area contributed by atoms with Gasteiger partial charge >= 0.3 is 0 Å². The number of aromatic nitrogens is 2. The normalized spacial score (nSPS) is 13.6. The van der Waals surface area contributed by atoms with Crippen molar-refractivity contribution in [2.75, 3.05) is 13.7 Å². The van der Waals surface area contributed by atoms with Crippen LogP contribution < -0.4 is 10.1 Å². The summed E-state index contributed by atoms with van der Waals surface area (Å²) in [4.78, 5) is 7.97. The fourth-order valence-electron chi connectivity index (χ4n) is 1.93. The molecule has 21 heavy (non-hydrogen) atoms. The highest BCUT2D eigenvalue weighted by Crippen LogP contribution is 2.25. The van der Waals surface area contributed by atoms with Gasteiger partial charge in [0.15, 0.2) is 5.16 Å². The predicted molar refractivity (Wildman–Crippen MR) is 90.3 cm³/mol. The molecule has 1 atom stereocenters. The number of thioether (sulfide) groups is 1. The molecule has 1 aromatic carbocycles. The van der Waals surface area contributed by atoms with Gasteiger partial charge in [-0.3, -0.25) is 0 Å². The topological polar surface area (TPSA) is 49.9 Å². The average Bonchev–Trinajstić information content (AvgIpc) is 2.86. The molecule has 2 rings (SSSR count). The van der Waals surface area contributed by atoms with E-state index in [9.17, 15) is 0 Å². The van der Waals surface area contributed by atoms with E-state index < -0.39 is 0 Å². The van der Waals surface area contributed by atoms with E-state index in [0.717, 1.165) is 34.9 Å². The first-order chi connectivity index (χ1) is 9.93. The van der Waals surface area contributed by atoms with Gasteiger partial charge in [-0.2, -0.15) is 0 Å². The molecule has 0 bridgehead atoms. The van der Waals surface area contributed by atoms with E-state index >= 15 is 0 Å². The van der Waals surface area contributed by atoms with Crippen LogP contribution in [0.5, 0.6) is 5.75 Å². The van der Waals surface area contributed by atoms with Gasteiger partial charge in [0.1, 0.15) is 5.75 Å². The summed E-state index contributed by atoms with van der Waals surface area (Å²) in [7, 11) is 1.68. The van der Waals surface area contributed by atoms with Crippen LogP contribution in [0.15, 0.2) is 23.4 Å². The molecule has 5 heteroatoms. The highest BCUT2D eigenvalue weighted by Gasteiger charge is 2.16. The molecule has 0 aliphatic carbocycles. The van der Waals surface area contributed by atoms with Crippen LogP contribution in [0.3, 0.4) is 0 Å². The van der Waals surface area contributed by atoms with E-state index in [1.165, 1.54) is 0 Å². The molecule has 1 aromatic heterocycles. The number of nitrogens with zero attached hydrogens (tertiary/aromatic N) is 1. The first-order valence-corrected chi connectivity index (χ1v) is 8.27. The molecule has 0 aliphatic rings. The lowest BCUT2D eigenvalue weighted by Crippen LogP contribution is -2.41. The number of hydrogen-bond acceptors (Lipinski definition) is 4. The van der Waals surface area contributed by atoms with Crippen LogP contribution in [-0.4, -0.2) is 34.4 Å². The van der Waals surface area contributed by atoms with Gasteiger partial charge in [0.25, 0.3) is 0 Å². The molecule has 0 saturated carbocycles. The first kappa shape index (κ1) is 16.2. The Kier molecular flexibility index (Phi) is 5.17. The van der Waals surface area contributed by atoms with Crippen molar-refractivity contribution < 1.29 is 4.74 Å². The third-order valence-electron chi connectivity index (χ3n) is 3.73. The molecule has 2 N–H and O–H groups in total. The largest absolute Gasteiger partial charge is 0.497 e. The van der Waals surface area contributed by atoms with Crippen molar-refractivity contribution in [3.05, 3.63) is 18.2 Å². The predicted octanol–water partition coefficient (Wildman–Crippen LogP) is 3.83. The summed E-state index contributed by atoms with van der Waals surface area (Å²) in [6, 6.07) is 5.90. The van der Waals surface area contributed by atoms with Crippen molar-refractivity contribution in [2.45, 2.75) is 50.1 Å². The number of methoxy groups -OCH3 is 1. The molecule has 0 saturated heterocycles. The van der Waals surface area contributed by atoms with Crippen LogP contribution >= 0.6 is 11.8 Å². The summed E-state index contributed by atoms with van der Waals surface area (Å²) in [6.07, 6.45) is 1.12. The van der Waals surface area contributed by atoms with Gasteiger partial charge in [0.05, 0.1) is 18.1 Å². The van der Waals surface area contributed by atoms with E-state index in [4.69, 9.17) is 4.74 Å². The molecule has 0 radical (unpaired) electrons. The summed E-state index contributed by atoms with van der Waals surface area (Å²) in [6.45, 7) is 9.86. The summed E-state index contributed by atoms with van der Waals surface area (Å²) in [5.41, 5.74) is 2.19. The zero-order chi connectivity index (χ0) is 15.5. The van der Waals surface area contributed by atoms with Gasteiger partial charge in [0, 0.05) is 23.4 Å². The van der Waals surface area contributed by atoms with E-state index in [-0.39, 0.29) is 5.54 Å². The van der Waals surface area contributed by atoms with Gasteiger partial charge < -0.3 is 15.0 Å². The van der Waals surface area contributed by atoms with Crippen molar-refractivity contribution in [1.29, 1.82) is 0 Å². The lowest BCUT2D eigenvalue weighted by molar-refractivity contribution is 0.379. The zero-order valence-corrected chi connectivity index (χ0v) is 14.3. The Bertz CT molecular complexity index is 594. The highest BCUT2D eigenvalue weighted by molar-refractivity contribution is 7.99. The Morgan fingerprint density at radius 2 is 2.19 bits per heavy atom. The first-order valence-electron chi connectivity index (χ1n) is 7.39. The van der Waals surface area contributed by atoms with E-state index in [1.54, 1.807) is 18.9 Å². The standard InChI is InChI=1S/C16H25N3OS/c1-6-16(3,4)17-10-11(2)21-15-18-13-8-7-12(20-5)9-14(13)19-15/h7-9,11,17H,6,10H2,1-5H3,(H,18,19). The van der Waals surface area contributed by atoms with E-state index in [0.29, 0.717) is 5.25 Å². The van der Waals surface area contributed by atoms with Gasteiger partial charge in [-0.15, -0.1) is 0 Å². The molecule has 1 unspecified atom stereocenters. The molecule has 4 nitrogen and oxygen atoms in total. The van der Waals surface area contributed by atoms with Gasteiger partial charge in [-0.1, -0.05) is 25.6 Å². The number of H-pyrrole nitrogens is 1. The quantitative estimate of drug-likeness (QED) is 0.763. The maximum absolute atomic E-state index is 5.24. The lowest BCUT2D eigenvalue weighted by Gasteiger charge is -2.26. The van der Waals surface area contributed by atoms with Gasteiger partial charge in [-0.05, 0) is 32.4 Å². The molecule has 1 heterocycles. The van der Waals surface area contributed by atoms with Gasteiger partial charge in [-0.25, -0.2) is 4.98 Å². The number of imidazole rings is 1. The van der Waals surface area contributed by atoms with Crippen LogP contribution in [0.1, 0.15) is 34.1 Å². The monoisotopic (exact) mass is 307 g/mol. The molecule has 0 amide bonds. The van der Waals surface area contributed by atoms with Gasteiger partial charge in [0.2, 0.25) is 0 Å². The second-order valence-electron chi connectivity index (χ2n) is 5.97. The molecule has 2 aromatic rings. The Balaban J connectivity index is 1.99. The zero-order valence-electron chi connectivity index (χ0n) is 13.5. The Hall–Kier alpha value is -1.20. The maximum Gasteiger partial charge on any atom is 0.166 e. The summed E-state index contributed by atoms with van der Waals surface area (Å²) >= 11 is 1.76. The number of ether oxygens (including phenoxy) is 1. The number of hydrogen-bond donors (Lipinski definition) is 2. The number of fused-ring (bicyclic) bond motifs is 1. The van der Waals surface area contributed by atoms with Crippen molar-refractivity contribution >= 4 is 22.8 Å². The molecule has 0 spiro atoms. The molecule has 116 valence electrons. The Morgan fingerprint density at radius 1 is 1.43 bits per heavy atom. The van der Waals surface area contributed by atoms with Crippen LogP contribution in [0.4, 0.5) is 0 Å². The number of nitrogens with one attached hydrogen (secondary N) is 2. The Labute approximate surface area is 131 Å². The minimum Gasteiger partial charge on any atom is -0.497 e. The fourth-order valence-corrected chi connectivity index (χ4v) is 2.79. The summed E-state index contributed by atoms with van der Waals surface area (Å²) in [5, 5.41) is 5.01. The van der Waals surface area contributed by atoms with Crippen LogP contribution in [0.25, 0.3) is 11.0 Å². The molecule has 0 fully saturated rings. The third kappa shape index (κ3) is 4.38. The highest BCUT2D eigenvalue weighted by atomic mass is 32.2. The number of benzene rings is 1. The van der Waals surface area contributed by atoms with Crippen molar-refractivity contribution in [3.63, 3.8) is 0 Å². The van der Waals surface area contributed by atoms with Crippen LogP contribution in [-0.2, 0) is 0 Å². The minimum absolute atomic E-state index is 0.191. The minimum atomic E-state index is 0.191. The smallest absolute Gasteiger partial charge is 0.166 e. The number of aromatic amines is 1. The summed E-state index contributed by atoms with van der Waals surface area (Å²) in [5.74, 6) is 0.849. The summed E-state index contributed by atoms with van der Waals surface area (Å²) < 4.78 is 5.24. The SMILES string of the molecule is CCC(C)(C)NCC(C)Sc1nc2ccc(OC)cc2[nH]1. The maximum atomic E-state index is 5.24. The van der Waals surface area contributed by atoms with Crippen molar-refractivity contribution in [3.8, 4) is 5.75 Å². The average molecular weight is 307 g/mol. The molecular weight excluding hydrogens is 282 g/mol.